The molecule has 0 heterocycles. The van der Waals surface area contributed by atoms with E-state index in [9.17, 15) is 19.8 Å². The van der Waals surface area contributed by atoms with Gasteiger partial charge in [-0.2, -0.15) is 0 Å². The molecule has 340 valence electrons. The number of aliphatic hydroxyl groups is 2. The normalized spacial score (nSPS) is 13.9. The number of hydrogen-bond donors (Lipinski definition) is 3. The molecule has 0 aromatic heterocycles. The van der Waals surface area contributed by atoms with Crippen LogP contribution in [0.15, 0.2) is 72.9 Å². The maximum Gasteiger partial charge on any atom is 0.306 e. The molecule has 0 bridgehead atoms. The molecule has 6 nitrogen and oxygen atoms in total. The molecule has 0 spiro atoms. The first-order valence-corrected chi connectivity index (χ1v) is 24.7. The van der Waals surface area contributed by atoms with Crippen LogP contribution in [-0.4, -0.2) is 46.9 Å². The van der Waals surface area contributed by atoms with Gasteiger partial charge < -0.3 is 20.3 Å². The topological polar surface area (TPSA) is 95.9 Å². The summed E-state index contributed by atoms with van der Waals surface area (Å²) < 4.78 is 5.85. The Morgan fingerprint density at radius 3 is 1.42 bits per heavy atom. The molecule has 0 aliphatic rings. The zero-order chi connectivity index (χ0) is 43.1. The number of carbonyl (C=O) groups excluding carboxylic acids is 2. The highest BCUT2D eigenvalue weighted by Gasteiger charge is 2.23. The van der Waals surface area contributed by atoms with Crippen LogP contribution in [0.2, 0.25) is 0 Å². The standard InChI is InChI=1S/C53H93NO5/c1-4-7-10-13-16-19-22-24-26-27-30-32-35-38-41-44-49(59-53(58)46-43-40-37-34-31-28-25-23-20-17-14-11-8-5-2)47-52(57)54-50(48-55)51(56)45-42-39-36-33-29-21-18-15-12-9-6-3/h7,10,16,19,24,26,28,30-32,38,41,49-51,55-56H,4-6,8-9,11-15,17-18,20-23,25,27,29,33-37,39-40,42-48H2,1-3H3,(H,54,57)/b10-7-,19-16-,26-24-,31-28-,32-30-,41-38-. The summed E-state index contributed by atoms with van der Waals surface area (Å²) in [5.74, 6) is -0.602. The lowest BCUT2D eigenvalue weighted by molar-refractivity contribution is -0.150. The van der Waals surface area contributed by atoms with Crippen molar-refractivity contribution in [3.63, 3.8) is 0 Å². The second-order valence-corrected chi connectivity index (χ2v) is 16.5. The van der Waals surface area contributed by atoms with Gasteiger partial charge in [0.15, 0.2) is 0 Å². The molecule has 0 saturated heterocycles. The van der Waals surface area contributed by atoms with Gasteiger partial charge in [0.1, 0.15) is 6.10 Å². The SMILES string of the molecule is CC/C=C\C/C=C\C/C=C\C/C=C\C/C=C\CC(CC(=O)NC(CO)C(O)CCCCCCCCCCCCC)OC(=O)CCCCC/C=C\CCCCCCCCC. The minimum atomic E-state index is -0.815. The fourth-order valence-corrected chi connectivity index (χ4v) is 7.03. The maximum atomic E-state index is 13.1. The quantitative estimate of drug-likeness (QED) is 0.0323. The van der Waals surface area contributed by atoms with Crippen molar-refractivity contribution in [3.8, 4) is 0 Å². The van der Waals surface area contributed by atoms with Crippen LogP contribution in [0.25, 0.3) is 0 Å². The number of aliphatic hydroxyl groups excluding tert-OH is 2. The van der Waals surface area contributed by atoms with Crippen LogP contribution >= 0.6 is 0 Å². The molecule has 6 heteroatoms. The highest BCUT2D eigenvalue weighted by atomic mass is 16.5. The van der Waals surface area contributed by atoms with Gasteiger partial charge in [-0.25, -0.2) is 0 Å². The number of ether oxygens (including phenoxy) is 1. The molecule has 0 aliphatic carbocycles. The summed E-state index contributed by atoms with van der Waals surface area (Å²) in [6.07, 6.45) is 58.3. The Labute approximate surface area is 364 Å². The summed E-state index contributed by atoms with van der Waals surface area (Å²) in [6, 6.07) is -0.736. The largest absolute Gasteiger partial charge is 0.461 e. The molecule has 3 unspecified atom stereocenters. The number of esters is 1. The van der Waals surface area contributed by atoms with Gasteiger partial charge >= 0.3 is 5.97 Å². The Bertz CT molecular complexity index is 1110. The van der Waals surface area contributed by atoms with Gasteiger partial charge in [0.05, 0.1) is 25.2 Å². The van der Waals surface area contributed by atoms with E-state index in [1.165, 1.54) is 96.3 Å². The molecule has 59 heavy (non-hydrogen) atoms. The highest BCUT2D eigenvalue weighted by molar-refractivity contribution is 5.77. The van der Waals surface area contributed by atoms with Crippen LogP contribution in [0, 0.1) is 0 Å². The molecule has 0 aliphatic heterocycles. The first-order chi connectivity index (χ1) is 29.0. The van der Waals surface area contributed by atoms with Crippen LogP contribution in [0.5, 0.6) is 0 Å². The Morgan fingerprint density at radius 1 is 0.525 bits per heavy atom. The summed E-state index contributed by atoms with van der Waals surface area (Å²) in [6.45, 7) is 6.32. The summed E-state index contributed by atoms with van der Waals surface area (Å²) in [5.41, 5.74) is 0. The number of rotatable bonds is 43. The van der Waals surface area contributed by atoms with Crippen LogP contribution in [0.1, 0.15) is 226 Å². The smallest absolute Gasteiger partial charge is 0.306 e. The number of amides is 1. The van der Waals surface area contributed by atoms with Gasteiger partial charge in [-0.3, -0.25) is 9.59 Å². The lowest BCUT2D eigenvalue weighted by atomic mass is 10.0. The molecule has 3 N–H and O–H groups in total. The Morgan fingerprint density at radius 2 is 0.949 bits per heavy atom. The van der Waals surface area contributed by atoms with Crippen LogP contribution < -0.4 is 5.32 Å². The molecule has 0 aromatic carbocycles. The molecule has 0 aromatic rings. The number of hydrogen-bond acceptors (Lipinski definition) is 5. The van der Waals surface area contributed by atoms with Gasteiger partial charge in [0.2, 0.25) is 5.91 Å². The predicted octanol–water partition coefficient (Wildman–Crippen LogP) is 14.6. The summed E-state index contributed by atoms with van der Waals surface area (Å²) in [5, 5.41) is 23.6. The van der Waals surface area contributed by atoms with Gasteiger partial charge in [0, 0.05) is 12.8 Å². The van der Waals surface area contributed by atoms with E-state index in [0.717, 1.165) is 83.5 Å². The zero-order valence-electron chi connectivity index (χ0n) is 38.6. The number of nitrogens with one attached hydrogen (secondary N) is 1. The second-order valence-electron chi connectivity index (χ2n) is 16.5. The zero-order valence-corrected chi connectivity index (χ0v) is 38.6. The molecule has 0 rings (SSSR count). The minimum absolute atomic E-state index is 0.00868. The average molecular weight is 824 g/mol. The van der Waals surface area contributed by atoms with Gasteiger partial charge in [-0.1, -0.05) is 209 Å². The third-order valence-corrected chi connectivity index (χ3v) is 10.8. The lowest BCUT2D eigenvalue weighted by Crippen LogP contribution is -2.46. The summed E-state index contributed by atoms with van der Waals surface area (Å²) in [7, 11) is 0. The fraction of sp³-hybridized carbons (Fsp3) is 0.736. The molecule has 0 radical (unpaired) electrons. The lowest BCUT2D eigenvalue weighted by Gasteiger charge is -2.24. The van der Waals surface area contributed by atoms with Crippen molar-refractivity contribution >= 4 is 11.9 Å². The monoisotopic (exact) mass is 824 g/mol. The van der Waals surface area contributed by atoms with Crippen LogP contribution in [0.4, 0.5) is 0 Å². The van der Waals surface area contributed by atoms with E-state index in [-0.39, 0.29) is 24.9 Å². The second kappa shape index (κ2) is 46.4. The maximum absolute atomic E-state index is 13.1. The van der Waals surface area contributed by atoms with Crippen molar-refractivity contribution in [1.29, 1.82) is 0 Å². The van der Waals surface area contributed by atoms with E-state index < -0.39 is 18.2 Å². The molecule has 0 fully saturated rings. The van der Waals surface area contributed by atoms with E-state index in [2.05, 4.69) is 86.8 Å². The summed E-state index contributed by atoms with van der Waals surface area (Å²) >= 11 is 0. The molecule has 3 atom stereocenters. The van der Waals surface area contributed by atoms with Crippen molar-refractivity contribution in [1.82, 2.24) is 5.32 Å². The van der Waals surface area contributed by atoms with Crippen molar-refractivity contribution < 1.29 is 24.5 Å². The van der Waals surface area contributed by atoms with Gasteiger partial charge in [-0.15, -0.1) is 0 Å². The van der Waals surface area contributed by atoms with Crippen molar-refractivity contribution in [2.45, 2.75) is 244 Å². The Balaban J connectivity index is 4.77. The highest BCUT2D eigenvalue weighted by Crippen LogP contribution is 2.15. The molecular formula is C53H93NO5. The van der Waals surface area contributed by atoms with Crippen LogP contribution in [-0.2, 0) is 14.3 Å². The fourth-order valence-electron chi connectivity index (χ4n) is 7.03. The Hall–Kier alpha value is -2.70. The van der Waals surface area contributed by atoms with E-state index in [4.69, 9.17) is 4.74 Å². The van der Waals surface area contributed by atoms with Crippen LogP contribution in [0.3, 0.4) is 0 Å². The minimum Gasteiger partial charge on any atom is -0.461 e. The van der Waals surface area contributed by atoms with Gasteiger partial charge in [-0.05, 0) is 70.6 Å². The van der Waals surface area contributed by atoms with Crippen molar-refractivity contribution in [2.24, 2.45) is 0 Å². The summed E-state index contributed by atoms with van der Waals surface area (Å²) in [4.78, 5) is 26.0. The van der Waals surface area contributed by atoms with E-state index in [1.54, 1.807) is 0 Å². The van der Waals surface area contributed by atoms with E-state index >= 15 is 0 Å². The first-order valence-electron chi connectivity index (χ1n) is 24.7. The first kappa shape index (κ1) is 56.3. The molecule has 1 amide bonds. The average Bonchev–Trinajstić information content (AvgIpc) is 3.23. The predicted molar refractivity (Wildman–Crippen MR) is 255 cm³/mol. The number of carbonyl (C=O) groups is 2. The third kappa shape index (κ3) is 41.8. The van der Waals surface area contributed by atoms with Crippen molar-refractivity contribution in [2.75, 3.05) is 6.61 Å². The van der Waals surface area contributed by atoms with Crippen molar-refractivity contribution in [3.05, 3.63) is 72.9 Å². The Kier molecular flexibility index (Phi) is 44.2. The number of allylic oxidation sites excluding steroid dienone is 11. The third-order valence-electron chi connectivity index (χ3n) is 10.8. The molecular weight excluding hydrogens is 731 g/mol. The van der Waals surface area contributed by atoms with E-state index in [1.807, 2.05) is 12.2 Å². The van der Waals surface area contributed by atoms with E-state index in [0.29, 0.717) is 19.3 Å². The molecule has 0 saturated carbocycles. The van der Waals surface area contributed by atoms with Gasteiger partial charge in [0.25, 0.3) is 0 Å². The number of unbranched alkanes of at least 4 members (excludes halogenated alkanes) is 20.